The number of nitrogens with zero attached hydrogens (tertiary/aromatic N) is 3. The van der Waals surface area contributed by atoms with E-state index in [1.165, 1.54) is 29.0 Å². The van der Waals surface area contributed by atoms with Crippen molar-refractivity contribution in [2.45, 2.75) is 57.7 Å². The van der Waals surface area contributed by atoms with E-state index >= 15 is 0 Å². The predicted octanol–water partition coefficient (Wildman–Crippen LogP) is 1.37. The first-order valence-corrected chi connectivity index (χ1v) is 15.1. The molecule has 15 heteroatoms. The molecule has 3 rings (SSSR count). The number of carboxylic acids is 1. The first-order valence-electron chi connectivity index (χ1n) is 15.1. The SMILES string of the molecule is COc1ccc(CC(NC(=O)c2ccc(N=C(N)N)cc2)C(=O)N2CCN(CC(=O)O)C(=O)C2CCCNC(=O)OC(C)(C)C)cc1. The first kappa shape index (κ1) is 36.1. The van der Waals surface area contributed by atoms with E-state index in [0.29, 0.717) is 11.4 Å². The van der Waals surface area contributed by atoms with Gasteiger partial charge < -0.3 is 46.5 Å². The van der Waals surface area contributed by atoms with E-state index in [1.54, 1.807) is 57.2 Å². The summed E-state index contributed by atoms with van der Waals surface area (Å²) in [5.74, 6) is -2.29. The number of benzene rings is 2. The lowest BCUT2D eigenvalue weighted by atomic mass is 9.99. The van der Waals surface area contributed by atoms with Crippen LogP contribution in [0.25, 0.3) is 0 Å². The van der Waals surface area contributed by atoms with Crippen molar-refractivity contribution in [1.29, 1.82) is 0 Å². The molecule has 1 aliphatic heterocycles. The van der Waals surface area contributed by atoms with Crippen LogP contribution in [0, 0.1) is 0 Å². The number of methoxy groups -OCH3 is 1. The van der Waals surface area contributed by atoms with E-state index in [9.17, 15) is 29.1 Å². The molecule has 0 bridgehead atoms. The number of carbonyl (C=O) groups is 5. The largest absolute Gasteiger partial charge is 0.497 e. The van der Waals surface area contributed by atoms with Crippen LogP contribution >= 0.6 is 0 Å². The summed E-state index contributed by atoms with van der Waals surface area (Å²) in [7, 11) is 1.53. The van der Waals surface area contributed by atoms with Crippen LogP contribution in [0.3, 0.4) is 0 Å². The van der Waals surface area contributed by atoms with E-state index in [1.807, 2.05) is 0 Å². The predicted molar refractivity (Wildman–Crippen MR) is 173 cm³/mol. The molecule has 1 aliphatic rings. The molecular weight excluding hydrogens is 610 g/mol. The summed E-state index contributed by atoms with van der Waals surface area (Å²) in [5.41, 5.74) is 11.6. The minimum Gasteiger partial charge on any atom is -0.497 e. The zero-order chi connectivity index (χ0) is 34.7. The van der Waals surface area contributed by atoms with Gasteiger partial charge >= 0.3 is 12.1 Å². The van der Waals surface area contributed by atoms with Crippen LogP contribution in [0.4, 0.5) is 10.5 Å². The quantitative estimate of drug-likeness (QED) is 0.119. The van der Waals surface area contributed by atoms with Crippen molar-refractivity contribution in [3.8, 4) is 5.75 Å². The molecule has 1 saturated heterocycles. The molecule has 0 aliphatic carbocycles. The van der Waals surface area contributed by atoms with Crippen LogP contribution in [0.5, 0.6) is 5.75 Å². The van der Waals surface area contributed by atoms with Gasteiger partial charge in [0.05, 0.1) is 12.8 Å². The van der Waals surface area contributed by atoms with Gasteiger partial charge in [0, 0.05) is 31.6 Å². The van der Waals surface area contributed by atoms with Gasteiger partial charge in [-0.05, 0) is 75.6 Å². The van der Waals surface area contributed by atoms with Gasteiger partial charge in [-0.25, -0.2) is 9.79 Å². The van der Waals surface area contributed by atoms with Crippen LogP contribution in [-0.4, -0.2) is 102 Å². The molecule has 254 valence electrons. The fourth-order valence-corrected chi connectivity index (χ4v) is 4.98. The minimum atomic E-state index is -1.18. The maximum atomic E-state index is 14.2. The first-order chi connectivity index (χ1) is 22.2. The highest BCUT2D eigenvalue weighted by Gasteiger charge is 2.40. The number of aliphatic carboxylic acids is 1. The number of hydrogen-bond acceptors (Lipinski definition) is 8. The van der Waals surface area contributed by atoms with E-state index < -0.39 is 54.0 Å². The number of hydrogen-bond donors (Lipinski definition) is 5. The molecule has 0 aromatic heterocycles. The molecule has 0 spiro atoms. The summed E-state index contributed by atoms with van der Waals surface area (Å²) in [5, 5.41) is 14.8. The van der Waals surface area contributed by atoms with Crippen LogP contribution in [-0.2, 0) is 25.5 Å². The Labute approximate surface area is 273 Å². The van der Waals surface area contributed by atoms with Crippen molar-refractivity contribution in [1.82, 2.24) is 20.4 Å². The fraction of sp³-hybridized carbons (Fsp3) is 0.438. The molecule has 4 amide bonds. The number of aliphatic imine (C=N–C) groups is 1. The zero-order valence-electron chi connectivity index (χ0n) is 27.0. The molecule has 2 aromatic carbocycles. The van der Waals surface area contributed by atoms with Gasteiger partial charge in [-0.2, -0.15) is 0 Å². The maximum absolute atomic E-state index is 14.2. The van der Waals surface area contributed by atoms with Gasteiger partial charge in [0.25, 0.3) is 5.91 Å². The summed E-state index contributed by atoms with van der Waals surface area (Å²) < 4.78 is 10.5. The van der Waals surface area contributed by atoms with E-state index in [0.717, 1.165) is 5.56 Å². The molecule has 2 atom stereocenters. The van der Waals surface area contributed by atoms with Gasteiger partial charge in [-0.15, -0.1) is 0 Å². The van der Waals surface area contributed by atoms with Crippen molar-refractivity contribution >= 4 is 41.4 Å². The summed E-state index contributed by atoms with van der Waals surface area (Å²) >= 11 is 0. The summed E-state index contributed by atoms with van der Waals surface area (Å²) in [6.45, 7) is 4.88. The number of ether oxygens (including phenoxy) is 2. The number of alkyl carbamates (subject to hydrolysis) is 1. The van der Waals surface area contributed by atoms with Gasteiger partial charge in [0.1, 0.15) is 30.0 Å². The summed E-state index contributed by atoms with van der Waals surface area (Å²) in [6, 6.07) is 11.0. The van der Waals surface area contributed by atoms with Gasteiger partial charge in [0.2, 0.25) is 11.8 Å². The fourth-order valence-electron chi connectivity index (χ4n) is 4.98. The molecule has 1 fully saturated rings. The van der Waals surface area contributed by atoms with E-state index in [2.05, 4.69) is 15.6 Å². The maximum Gasteiger partial charge on any atom is 0.407 e. The van der Waals surface area contributed by atoms with E-state index in [-0.39, 0.29) is 50.4 Å². The molecule has 0 saturated carbocycles. The van der Waals surface area contributed by atoms with Crippen molar-refractivity contribution in [3.63, 3.8) is 0 Å². The molecule has 47 heavy (non-hydrogen) atoms. The average Bonchev–Trinajstić information content (AvgIpc) is 2.99. The second-order valence-corrected chi connectivity index (χ2v) is 11.9. The van der Waals surface area contributed by atoms with Crippen molar-refractivity contribution in [2.75, 3.05) is 33.3 Å². The number of piperazine rings is 1. The smallest absolute Gasteiger partial charge is 0.407 e. The van der Waals surface area contributed by atoms with Crippen LogP contribution < -0.4 is 26.8 Å². The lowest BCUT2D eigenvalue weighted by molar-refractivity contribution is -0.156. The van der Waals surface area contributed by atoms with E-state index in [4.69, 9.17) is 20.9 Å². The minimum absolute atomic E-state index is 0.00100. The monoisotopic (exact) mass is 653 g/mol. The Morgan fingerprint density at radius 3 is 2.28 bits per heavy atom. The lowest BCUT2D eigenvalue weighted by Crippen LogP contribution is -2.63. The molecular formula is C32H43N7O8. The van der Waals surface area contributed by atoms with Crippen LogP contribution in [0.1, 0.15) is 49.5 Å². The Morgan fingerprint density at radius 1 is 1.04 bits per heavy atom. The highest BCUT2D eigenvalue weighted by Crippen LogP contribution is 2.21. The molecule has 7 N–H and O–H groups in total. The molecule has 0 radical (unpaired) electrons. The average molecular weight is 654 g/mol. The third kappa shape index (κ3) is 11.2. The van der Waals surface area contributed by atoms with Crippen LogP contribution in [0.15, 0.2) is 53.5 Å². The number of carboxylic acid groups (broad SMARTS) is 1. The number of guanidine groups is 1. The number of rotatable bonds is 13. The third-order valence-corrected chi connectivity index (χ3v) is 7.11. The second-order valence-electron chi connectivity index (χ2n) is 11.9. The van der Waals surface area contributed by atoms with Crippen molar-refractivity contribution < 1.29 is 38.6 Å². The Bertz CT molecular complexity index is 1450. The van der Waals surface area contributed by atoms with Gasteiger partial charge in [-0.3, -0.25) is 19.2 Å². The number of amides is 4. The standard InChI is InChI=1S/C32H43N7O8/c1-32(2,3)47-31(45)35-15-5-6-25-29(44)38(19-26(40)41)16-17-39(25)28(43)24(18-20-7-13-23(46-4)14-8-20)37-27(42)21-9-11-22(12-10-21)36-30(33)34/h7-14,24-25H,5-6,15-19H2,1-4H3,(H,35,45)(H,37,42)(H,40,41)(H4,33,34,36). The second kappa shape index (κ2) is 16.3. The number of nitrogens with one attached hydrogen (secondary N) is 2. The Balaban J connectivity index is 1.85. The Kier molecular flexibility index (Phi) is 12.5. The highest BCUT2D eigenvalue weighted by molar-refractivity contribution is 5.99. The molecule has 2 unspecified atom stereocenters. The van der Waals surface area contributed by atoms with Crippen LogP contribution in [0.2, 0.25) is 0 Å². The van der Waals surface area contributed by atoms with Gasteiger partial charge in [0.15, 0.2) is 5.96 Å². The topological polar surface area (TPSA) is 219 Å². The molecule has 15 nitrogen and oxygen atoms in total. The summed E-state index contributed by atoms with van der Waals surface area (Å²) in [6.07, 6.45) is -0.109. The Morgan fingerprint density at radius 2 is 1.70 bits per heavy atom. The third-order valence-electron chi connectivity index (χ3n) is 7.11. The van der Waals surface area contributed by atoms with Gasteiger partial charge in [-0.1, -0.05) is 12.1 Å². The number of nitrogens with two attached hydrogens (primary N) is 2. The molecule has 2 aromatic rings. The Hall–Kier alpha value is -5.34. The van der Waals surface area contributed by atoms with Crippen molar-refractivity contribution in [2.24, 2.45) is 16.5 Å². The summed E-state index contributed by atoms with van der Waals surface area (Å²) in [4.78, 5) is 71.2. The lowest BCUT2D eigenvalue weighted by Gasteiger charge is -2.41. The zero-order valence-corrected chi connectivity index (χ0v) is 27.0. The highest BCUT2D eigenvalue weighted by atomic mass is 16.6. The molecule has 1 heterocycles. The number of carbonyl (C=O) groups excluding carboxylic acids is 4. The normalized spacial score (nSPS) is 15.3. The van der Waals surface area contributed by atoms with Crippen molar-refractivity contribution in [3.05, 3.63) is 59.7 Å².